The summed E-state index contributed by atoms with van der Waals surface area (Å²) in [6.45, 7) is 7.01. The van der Waals surface area contributed by atoms with E-state index in [4.69, 9.17) is 4.42 Å². The van der Waals surface area contributed by atoms with Crippen molar-refractivity contribution in [2.45, 2.75) is 32.7 Å². The molecule has 24 heavy (non-hydrogen) atoms. The van der Waals surface area contributed by atoms with Gasteiger partial charge >= 0.3 is 0 Å². The van der Waals surface area contributed by atoms with Crippen LogP contribution in [0, 0.1) is 0 Å². The second-order valence-corrected chi connectivity index (χ2v) is 7.49. The highest BCUT2D eigenvalue weighted by Crippen LogP contribution is 2.24. The Morgan fingerprint density at radius 3 is 2.75 bits per heavy atom. The smallest absolute Gasteiger partial charge is 0.218 e. The lowest BCUT2D eigenvalue weighted by Crippen LogP contribution is -2.09. The predicted molar refractivity (Wildman–Crippen MR) is 97.8 cm³/mol. The average molecular weight is 340 g/mol. The monoisotopic (exact) mass is 340 g/mol. The minimum atomic E-state index is -0.0348. The standard InChI is InChI=1S/C18H20N4OS/c1-18(2,3)15-12-20-16(23-15)7-6-14-11-22-17(24-14)21-10-13-5-4-8-19-9-13/h4-9,11-12H,10H2,1-3H3,(H,21,22)/b7-6+. The van der Waals surface area contributed by atoms with Crippen LogP contribution < -0.4 is 5.32 Å². The molecule has 0 fully saturated rings. The maximum atomic E-state index is 5.75. The number of anilines is 1. The number of hydrogen-bond donors (Lipinski definition) is 1. The summed E-state index contributed by atoms with van der Waals surface area (Å²) < 4.78 is 5.75. The Labute approximate surface area is 145 Å². The summed E-state index contributed by atoms with van der Waals surface area (Å²) >= 11 is 1.58. The summed E-state index contributed by atoms with van der Waals surface area (Å²) in [5.74, 6) is 1.49. The van der Waals surface area contributed by atoms with Crippen molar-refractivity contribution in [1.29, 1.82) is 0 Å². The van der Waals surface area contributed by atoms with Crippen LogP contribution in [0.3, 0.4) is 0 Å². The lowest BCUT2D eigenvalue weighted by Gasteiger charge is -2.12. The van der Waals surface area contributed by atoms with Gasteiger partial charge in [0.2, 0.25) is 5.89 Å². The fourth-order valence-corrected chi connectivity index (χ4v) is 2.71. The largest absolute Gasteiger partial charge is 0.441 e. The molecule has 0 amide bonds. The number of rotatable bonds is 5. The van der Waals surface area contributed by atoms with E-state index in [1.807, 2.05) is 36.7 Å². The van der Waals surface area contributed by atoms with Crippen molar-refractivity contribution in [2.24, 2.45) is 0 Å². The molecule has 3 heterocycles. The Balaban J connectivity index is 1.60. The predicted octanol–water partition coefficient (Wildman–Crippen LogP) is 4.61. The molecule has 6 heteroatoms. The van der Waals surface area contributed by atoms with E-state index in [9.17, 15) is 0 Å². The Kier molecular flexibility index (Phi) is 4.76. The van der Waals surface area contributed by atoms with Gasteiger partial charge in [-0.2, -0.15) is 0 Å². The van der Waals surface area contributed by atoms with Gasteiger partial charge in [0.15, 0.2) is 5.13 Å². The Morgan fingerprint density at radius 2 is 2.04 bits per heavy atom. The molecule has 0 aromatic carbocycles. The van der Waals surface area contributed by atoms with Gasteiger partial charge in [0, 0.05) is 41.5 Å². The Hall–Kier alpha value is -2.47. The molecule has 0 saturated carbocycles. The normalized spacial score (nSPS) is 12.0. The van der Waals surface area contributed by atoms with E-state index in [0.29, 0.717) is 12.4 Å². The topological polar surface area (TPSA) is 63.8 Å². The molecular formula is C18H20N4OS. The third-order valence-electron chi connectivity index (χ3n) is 3.34. The molecule has 1 N–H and O–H groups in total. The molecule has 0 atom stereocenters. The number of pyridine rings is 1. The molecular weight excluding hydrogens is 320 g/mol. The number of nitrogens with zero attached hydrogens (tertiary/aromatic N) is 3. The zero-order valence-corrected chi connectivity index (χ0v) is 14.8. The van der Waals surface area contributed by atoms with E-state index in [0.717, 1.165) is 21.3 Å². The van der Waals surface area contributed by atoms with Crippen molar-refractivity contribution in [1.82, 2.24) is 15.0 Å². The molecule has 0 aliphatic heterocycles. The van der Waals surface area contributed by atoms with Crippen LogP contribution in [0.5, 0.6) is 0 Å². The highest BCUT2D eigenvalue weighted by Gasteiger charge is 2.18. The first kappa shape index (κ1) is 16.4. The molecule has 0 aliphatic carbocycles. The summed E-state index contributed by atoms with van der Waals surface area (Å²) in [5, 5.41) is 4.17. The van der Waals surface area contributed by atoms with Crippen LogP contribution >= 0.6 is 11.3 Å². The third kappa shape index (κ3) is 4.29. The van der Waals surface area contributed by atoms with E-state index in [-0.39, 0.29) is 5.41 Å². The summed E-state index contributed by atoms with van der Waals surface area (Å²) in [4.78, 5) is 13.8. The van der Waals surface area contributed by atoms with E-state index in [2.05, 4.69) is 41.0 Å². The molecule has 0 unspecified atom stereocenters. The van der Waals surface area contributed by atoms with Crippen LogP contribution in [-0.4, -0.2) is 15.0 Å². The number of thiazole rings is 1. The molecule has 0 bridgehead atoms. The molecule has 124 valence electrons. The molecule has 0 spiro atoms. The number of oxazole rings is 1. The van der Waals surface area contributed by atoms with Gasteiger partial charge in [0.1, 0.15) is 5.76 Å². The van der Waals surface area contributed by atoms with Crippen molar-refractivity contribution in [2.75, 3.05) is 5.32 Å². The maximum absolute atomic E-state index is 5.75. The summed E-state index contributed by atoms with van der Waals surface area (Å²) in [6.07, 6.45) is 11.1. The number of nitrogens with one attached hydrogen (secondary N) is 1. The fraction of sp³-hybridized carbons (Fsp3) is 0.278. The maximum Gasteiger partial charge on any atom is 0.218 e. The molecule has 0 saturated heterocycles. The average Bonchev–Trinajstić information content (AvgIpc) is 3.21. The van der Waals surface area contributed by atoms with Gasteiger partial charge < -0.3 is 9.73 Å². The van der Waals surface area contributed by atoms with E-state index in [1.165, 1.54) is 0 Å². The van der Waals surface area contributed by atoms with Crippen molar-refractivity contribution >= 4 is 28.6 Å². The molecule has 3 aromatic heterocycles. The van der Waals surface area contributed by atoms with Crippen LogP contribution in [-0.2, 0) is 12.0 Å². The number of hydrogen-bond acceptors (Lipinski definition) is 6. The minimum Gasteiger partial charge on any atom is -0.441 e. The highest BCUT2D eigenvalue weighted by molar-refractivity contribution is 7.16. The first-order valence-corrected chi connectivity index (χ1v) is 8.55. The fourth-order valence-electron chi connectivity index (χ4n) is 1.99. The van der Waals surface area contributed by atoms with Crippen molar-refractivity contribution in [3.05, 3.63) is 59.0 Å². The van der Waals surface area contributed by atoms with Gasteiger partial charge in [-0.05, 0) is 17.7 Å². The van der Waals surface area contributed by atoms with E-state index < -0.39 is 0 Å². The van der Waals surface area contributed by atoms with Gasteiger partial charge in [0.05, 0.1) is 6.20 Å². The van der Waals surface area contributed by atoms with Gasteiger partial charge in [0.25, 0.3) is 0 Å². The van der Waals surface area contributed by atoms with Crippen molar-refractivity contribution in [3.63, 3.8) is 0 Å². The minimum absolute atomic E-state index is 0.0348. The van der Waals surface area contributed by atoms with Gasteiger partial charge in [-0.3, -0.25) is 4.98 Å². The molecule has 5 nitrogen and oxygen atoms in total. The van der Waals surface area contributed by atoms with Gasteiger partial charge in [-0.25, -0.2) is 9.97 Å². The highest BCUT2D eigenvalue weighted by atomic mass is 32.1. The first-order valence-electron chi connectivity index (χ1n) is 7.74. The van der Waals surface area contributed by atoms with Crippen molar-refractivity contribution < 1.29 is 4.42 Å². The number of aromatic nitrogens is 3. The molecule has 3 aromatic rings. The summed E-state index contributed by atoms with van der Waals surface area (Å²) in [6, 6.07) is 3.96. The first-order chi connectivity index (χ1) is 11.5. The molecule has 0 aliphatic rings. The van der Waals surface area contributed by atoms with Crippen LogP contribution in [0.4, 0.5) is 5.13 Å². The zero-order chi connectivity index (χ0) is 17.0. The van der Waals surface area contributed by atoms with Crippen molar-refractivity contribution in [3.8, 4) is 0 Å². The molecule has 0 radical (unpaired) electrons. The summed E-state index contributed by atoms with van der Waals surface area (Å²) in [5.41, 5.74) is 1.09. The SMILES string of the molecule is CC(C)(C)c1cnc(/C=C/c2cnc(NCc3cccnc3)s2)o1. The van der Waals surface area contributed by atoms with Crippen LogP contribution in [0.25, 0.3) is 12.2 Å². The second-order valence-electron chi connectivity index (χ2n) is 6.43. The Morgan fingerprint density at radius 1 is 1.17 bits per heavy atom. The zero-order valence-electron chi connectivity index (χ0n) is 14.0. The molecule has 3 rings (SSSR count). The lowest BCUT2D eigenvalue weighted by molar-refractivity contribution is 0.403. The summed E-state index contributed by atoms with van der Waals surface area (Å²) in [7, 11) is 0. The Bertz CT molecular complexity index is 815. The van der Waals surface area contributed by atoms with Crippen LogP contribution in [0.2, 0.25) is 0 Å². The third-order valence-corrected chi connectivity index (χ3v) is 4.26. The second kappa shape index (κ2) is 6.97. The quantitative estimate of drug-likeness (QED) is 0.735. The van der Waals surface area contributed by atoms with Crippen LogP contribution in [0.1, 0.15) is 42.9 Å². The van der Waals surface area contributed by atoms with E-state index in [1.54, 1.807) is 23.7 Å². The van der Waals surface area contributed by atoms with E-state index >= 15 is 0 Å². The van der Waals surface area contributed by atoms with Gasteiger partial charge in [-0.1, -0.05) is 38.2 Å². The lowest BCUT2D eigenvalue weighted by atomic mass is 9.94. The van der Waals surface area contributed by atoms with Gasteiger partial charge in [-0.15, -0.1) is 0 Å². The van der Waals surface area contributed by atoms with Crippen LogP contribution in [0.15, 0.2) is 41.3 Å².